The fraction of sp³-hybridized carbons (Fsp3) is 0.100. The Bertz CT molecular complexity index is 1130. The summed E-state index contributed by atoms with van der Waals surface area (Å²) in [5.74, 6) is -1.16. The van der Waals surface area contributed by atoms with Gasteiger partial charge in [0, 0.05) is 17.7 Å². The SMILES string of the molecule is COc1ccc(CNc2nc(C(=O)O)nc3c2C(=O)c2ccccc2-3)cc1Cl. The second kappa shape index (κ2) is 6.94. The van der Waals surface area contributed by atoms with Crippen LogP contribution in [0.3, 0.4) is 0 Å². The van der Waals surface area contributed by atoms with Crippen molar-refractivity contribution in [1.82, 2.24) is 9.97 Å². The molecule has 1 aliphatic rings. The molecule has 0 aliphatic heterocycles. The highest BCUT2D eigenvalue weighted by atomic mass is 35.5. The highest BCUT2D eigenvalue weighted by molar-refractivity contribution is 6.32. The zero-order valence-corrected chi connectivity index (χ0v) is 15.4. The van der Waals surface area contributed by atoms with Crippen LogP contribution in [0.25, 0.3) is 11.3 Å². The number of rotatable bonds is 5. The molecular weight excluding hydrogens is 382 g/mol. The molecule has 2 N–H and O–H groups in total. The summed E-state index contributed by atoms with van der Waals surface area (Å²) in [6.45, 7) is 0.288. The Labute approximate surface area is 165 Å². The van der Waals surface area contributed by atoms with Crippen LogP contribution in [0.1, 0.15) is 32.1 Å². The minimum absolute atomic E-state index is 0.176. The van der Waals surface area contributed by atoms with E-state index in [1.807, 2.05) is 6.07 Å². The maximum Gasteiger partial charge on any atom is 0.374 e. The number of nitrogens with zero attached hydrogens (tertiary/aromatic N) is 2. The Balaban J connectivity index is 1.74. The van der Waals surface area contributed by atoms with E-state index < -0.39 is 5.97 Å². The number of carbonyl (C=O) groups is 2. The van der Waals surface area contributed by atoms with Crippen LogP contribution >= 0.6 is 11.6 Å². The number of aromatic carboxylic acids is 1. The van der Waals surface area contributed by atoms with Gasteiger partial charge < -0.3 is 15.2 Å². The fourth-order valence-corrected chi connectivity index (χ4v) is 3.40. The smallest absolute Gasteiger partial charge is 0.374 e. The van der Waals surface area contributed by atoms with Crippen molar-refractivity contribution in [1.29, 1.82) is 0 Å². The molecule has 7 nitrogen and oxygen atoms in total. The van der Waals surface area contributed by atoms with E-state index in [0.717, 1.165) is 5.56 Å². The first-order chi connectivity index (χ1) is 13.5. The van der Waals surface area contributed by atoms with Gasteiger partial charge in [-0.05, 0) is 17.7 Å². The van der Waals surface area contributed by atoms with Crippen molar-refractivity contribution in [2.24, 2.45) is 0 Å². The first-order valence-corrected chi connectivity index (χ1v) is 8.73. The van der Waals surface area contributed by atoms with Gasteiger partial charge in [0.25, 0.3) is 0 Å². The predicted octanol–water partition coefficient (Wildman–Crippen LogP) is 3.66. The molecule has 0 radical (unpaired) electrons. The van der Waals surface area contributed by atoms with Gasteiger partial charge in [-0.25, -0.2) is 14.8 Å². The summed E-state index contributed by atoms with van der Waals surface area (Å²) >= 11 is 6.15. The van der Waals surface area contributed by atoms with Gasteiger partial charge >= 0.3 is 5.97 Å². The topological polar surface area (TPSA) is 101 Å². The standard InChI is InChI=1S/C20H14ClN3O4/c1-28-14-7-6-10(8-13(14)21)9-22-18-15-16(23-19(24-18)20(26)27)11-4-2-3-5-12(11)17(15)25/h2-8H,9H2,1H3,(H,26,27)(H,22,23,24). The van der Waals surface area contributed by atoms with Gasteiger partial charge in [0.05, 0.1) is 23.4 Å². The van der Waals surface area contributed by atoms with Crippen molar-refractivity contribution in [3.8, 4) is 17.0 Å². The Morgan fingerprint density at radius 1 is 1.18 bits per heavy atom. The highest BCUT2D eigenvalue weighted by Crippen LogP contribution is 2.38. The average molecular weight is 396 g/mol. The van der Waals surface area contributed by atoms with Crippen LogP contribution in [0.15, 0.2) is 42.5 Å². The minimum atomic E-state index is -1.27. The summed E-state index contributed by atoms with van der Waals surface area (Å²) in [6.07, 6.45) is 0. The van der Waals surface area contributed by atoms with Gasteiger partial charge in [-0.2, -0.15) is 0 Å². The molecule has 0 fully saturated rings. The van der Waals surface area contributed by atoms with Crippen molar-refractivity contribution < 1.29 is 19.4 Å². The number of anilines is 1. The molecule has 0 unspecified atom stereocenters. The lowest BCUT2D eigenvalue weighted by Crippen LogP contribution is -2.13. The van der Waals surface area contributed by atoms with Gasteiger partial charge in [-0.15, -0.1) is 0 Å². The van der Waals surface area contributed by atoms with Crippen LogP contribution < -0.4 is 10.1 Å². The van der Waals surface area contributed by atoms with E-state index in [2.05, 4.69) is 15.3 Å². The Kier molecular flexibility index (Phi) is 4.44. The number of carboxylic acid groups (broad SMARTS) is 1. The number of carbonyl (C=O) groups excluding carboxylic acids is 1. The first kappa shape index (κ1) is 17.9. The van der Waals surface area contributed by atoms with Gasteiger partial charge in [-0.3, -0.25) is 4.79 Å². The molecule has 1 heterocycles. The molecular formula is C20H14ClN3O4. The number of nitrogens with one attached hydrogen (secondary N) is 1. The van der Waals surface area contributed by atoms with E-state index in [-0.39, 0.29) is 29.5 Å². The second-order valence-electron chi connectivity index (χ2n) is 6.12. The summed E-state index contributed by atoms with van der Waals surface area (Å²) in [6, 6.07) is 12.2. The summed E-state index contributed by atoms with van der Waals surface area (Å²) in [7, 11) is 1.53. The first-order valence-electron chi connectivity index (χ1n) is 8.35. The third-order valence-corrected chi connectivity index (χ3v) is 4.73. The minimum Gasteiger partial charge on any atom is -0.495 e. The lowest BCUT2D eigenvalue weighted by Gasteiger charge is -2.11. The molecule has 8 heteroatoms. The van der Waals surface area contributed by atoms with Crippen molar-refractivity contribution in [2.75, 3.05) is 12.4 Å². The van der Waals surface area contributed by atoms with E-state index in [0.29, 0.717) is 27.6 Å². The lowest BCUT2D eigenvalue weighted by molar-refractivity contribution is 0.0683. The quantitative estimate of drug-likeness (QED) is 0.531. The second-order valence-corrected chi connectivity index (χ2v) is 6.53. The number of benzene rings is 2. The predicted molar refractivity (Wildman–Crippen MR) is 103 cm³/mol. The number of aromatic nitrogens is 2. The summed E-state index contributed by atoms with van der Waals surface area (Å²) < 4.78 is 5.13. The molecule has 2 aromatic carbocycles. The molecule has 28 heavy (non-hydrogen) atoms. The van der Waals surface area contributed by atoms with Crippen molar-refractivity contribution in [3.63, 3.8) is 0 Å². The van der Waals surface area contributed by atoms with Crippen molar-refractivity contribution in [3.05, 3.63) is 70.0 Å². The molecule has 3 aromatic rings. The zero-order valence-electron chi connectivity index (χ0n) is 14.7. The van der Waals surface area contributed by atoms with Crippen LogP contribution in [-0.4, -0.2) is 33.9 Å². The molecule has 0 saturated carbocycles. The molecule has 1 aromatic heterocycles. The van der Waals surface area contributed by atoms with Crippen LogP contribution in [0.5, 0.6) is 5.75 Å². The number of methoxy groups -OCH3 is 1. The normalized spacial score (nSPS) is 11.7. The van der Waals surface area contributed by atoms with Gasteiger partial charge in [0.1, 0.15) is 11.6 Å². The summed E-state index contributed by atoms with van der Waals surface area (Å²) in [5, 5.41) is 12.9. The van der Waals surface area contributed by atoms with Crippen LogP contribution in [0.4, 0.5) is 5.82 Å². The Morgan fingerprint density at radius 3 is 2.61 bits per heavy atom. The van der Waals surface area contributed by atoms with Gasteiger partial charge in [-0.1, -0.05) is 41.9 Å². The van der Waals surface area contributed by atoms with E-state index in [4.69, 9.17) is 16.3 Å². The van der Waals surface area contributed by atoms with E-state index >= 15 is 0 Å². The highest BCUT2D eigenvalue weighted by Gasteiger charge is 2.33. The molecule has 140 valence electrons. The average Bonchev–Trinajstić information content (AvgIpc) is 2.99. The number of fused-ring (bicyclic) bond motifs is 3. The molecule has 0 spiro atoms. The number of hydrogen-bond donors (Lipinski definition) is 2. The fourth-order valence-electron chi connectivity index (χ4n) is 3.12. The summed E-state index contributed by atoms with van der Waals surface area (Å²) in [5.41, 5.74) is 2.49. The van der Waals surface area contributed by atoms with E-state index in [1.165, 1.54) is 7.11 Å². The molecule has 0 amide bonds. The molecule has 1 aliphatic carbocycles. The lowest BCUT2D eigenvalue weighted by atomic mass is 10.1. The van der Waals surface area contributed by atoms with Crippen LogP contribution in [0, 0.1) is 0 Å². The molecule has 0 atom stereocenters. The van der Waals surface area contributed by atoms with Crippen molar-refractivity contribution in [2.45, 2.75) is 6.54 Å². The molecule has 4 rings (SSSR count). The number of ketones is 1. The number of hydrogen-bond acceptors (Lipinski definition) is 6. The van der Waals surface area contributed by atoms with E-state index in [1.54, 1.807) is 36.4 Å². The maximum absolute atomic E-state index is 12.8. The van der Waals surface area contributed by atoms with Crippen LogP contribution in [-0.2, 0) is 6.54 Å². The summed E-state index contributed by atoms with van der Waals surface area (Å²) in [4.78, 5) is 32.4. The maximum atomic E-state index is 12.8. The number of ether oxygens (including phenoxy) is 1. The van der Waals surface area contributed by atoms with Crippen LogP contribution in [0.2, 0.25) is 5.02 Å². The van der Waals surface area contributed by atoms with E-state index in [9.17, 15) is 14.7 Å². The van der Waals surface area contributed by atoms with Gasteiger partial charge in [0.2, 0.25) is 5.82 Å². The van der Waals surface area contributed by atoms with Crippen molar-refractivity contribution >= 4 is 29.2 Å². The molecule has 0 saturated heterocycles. The Hall–Kier alpha value is -3.45. The monoisotopic (exact) mass is 395 g/mol. The largest absolute Gasteiger partial charge is 0.495 e. The van der Waals surface area contributed by atoms with Gasteiger partial charge in [0.15, 0.2) is 5.78 Å². The number of carboxylic acids is 1. The zero-order chi connectivity index (χ0) is 19.8. The third-order valence-electron chi connectivity index (χ3n) is 4.43. The Morgan fingerprint density at radius 2 is 1.93 bits per heavy atom. The number of halogens is 1. The molecule has 0 bridgehead atoms. The third kappa shape index (κ3) is 2.95.